The molecule has 0 bridgehead atoms. The molecule has 0 unspecified atom stereocenters. The molecule has 0 atom stereocenters. The second-order valence-electron chi connectivity index (χ2n) is 8.15. The Kier molecular flexibility index (Phi) is 4.82. The molecule has 0 saturated carbocycles. The van der Waals surface area contributed by atoms with E-state index in [0.717, 1.165) is 68.6 Å². The fraction of sp³-hybridized carbons (Fsp3) is 0.320. The molecule has 1 N–H and O–H groups in total. The molecule has 0 amide bonds. The number of benzene rings is 2. The lowest BCUT2D eigenvalue weighted by Gasteiger charge is -2.34. The number of rotatable bonds is 5. The van der Waals surface area contributed by atoms with Crippen LogP contribution in [0.3, 0.4) is 0 Å². The standard InChI is InChI=1S/C25H27N3O/c1-2-11-27-13-15-28(16-14-27)12-10-18-6-5-9-20-22(18)17-23-19-7-3-4-8-21(19)25(29)26-24(20)23/h2-9H,1,10-17H2,(H,26,29). The third kappa shape index (κ3) is 3.33. The molecule has 1 aromatic heterocycles. The van der Waals surface area contributed by atoms with E-state index in [4.69, 9.17) is 0 Å². The van der Waals surface area contributed by atoms with Gasteiger partial charge in [0, 0.05) is 56.6 Å². The highest BCUT2D eigenvalue weighted by Gasteiger charge is 2.25. The zero-order valence-corrected chi connectivity index (χ0v) is 16.8. The van der Waals surface area contributed by atoms with E-state index in [1.807, 2.05) is 24.3 Å². The summed E-state index contributed by atoms with van der Waals surface area (Å²) in [6.07, 6.45) is 3.96. The van der Waals surface area contributed by atoms with E-state index < -0.39 is 0 Å². The van der Waals surface area contributed by atoms with E-state index in [1.165, 1.54) is 22.3 Å². The van der Waals surface area contributed by atoms with Crippen molar-refractivity contribution < 1.29 is 0 Å². The lowest BCUT2D eigenvalue weighted by Crippen LogP contribution is -2.46. The molecule has 2 aromatic carbocycles. The maximum Gasteiger partial charge on any atom is 0.256 e. The Hall–Kier alpha value is -2.69. The van der Waals surface area contributed by atoms with Gasteiger partial charge < -0.3 is 9.88 Å². The van der Waals surface area contributed by atoms with Crippen molar-refractivity contribution in [1.82, 2.24) is 14.8 Å². The summed E-state index contributed by atoms with van der Waals surface area (Å²) in [6.45, 7) is 10.4. The van der Waals surface area contributed by atoms with Gasteiger partial charge in [-0.15, -0.1) is 6.58 Å². The average Bonchev–Trinajstić information content (AvgIpc) is 3.13. The van der Waals surface area contributed by atoms with Gasteiger partial charge in [-0.3, -0.25) is 9.69 Å². The number of piperazine rings is 1. The number of H-pyrrole nitrogens is 1. The van der Waals surface area contributed by atoms with Gasteiger partial charge in [0.05, 0.1) is 5.69 Å². The highest BCUT2D eigenvalue weighted by molar-refractivity contribution is 5.93. The first-order chi connectivity index (χ1) is 14.2. The van der Waals surface area contributed by atoms with Crippen molar-refractivity contribution in [2.24, 2.45) is 0 Å². The van der Waals surface area contributed by atoms with Gasteiger partial charge in [0.15, 0.2) is 0 Å². The monoisotopic (exact) mass is 385 g/mol. The third-order valence-corrected chi connectivity index (χ3v) is 6.48. The van der Waals surface area contributed by atoms with Gasteiger partial charge in [-0.2, -0.15) is 0 Å². The Balaban J connectivity index is 1.38. The molecule has 148 valence electrons. The van der Waals surface area contributed by atoms with Crippen LogP contribution in [0.5, 0.6) is 0 Å². The van der Waals surface area contributed by atoms with Crippen LogP contribution < -0.4 is 5.56 Å². The van der Waals surface area contributed by atoms with Crippen molar-refractivity contribution in [2.45, 2.75) is 12.8 Å². The molecule has 2 heterocycles. The summed E-state index contributed by atoms with van der Waals surface area (Å²) in [5.41, 5.74) is 6.30. The smallest absolute Gasteiger partial charge is 0.256 e. The molecule has 4 heteroatoms. The number of aromatic nitrogens is 1. The largest absolute Gasteiger partial charge is 0.321 e. The van der Waals surface area contributed by atoms with Crippen LogP contribution >= 0.6 is 0 Å². The molecular formula is C25H27N3O. The third-order valence-electron chi connectivity index (χ3n) is 6.48. The van der Waals surface area contributed by atoms with Crippen molar-refractivity contribution >= 4 is 10.8 Å². The molecule has 0 radical (unpaired) electrons. The Morgan fingerprint density at radius 1 is 0.931 bits per heavy atom. The number of pyridine rings is 1. The van der Waals surface area contributed by atoms with Crippen LogP contribution in [-0.2, 0) is 12.8 Å². The number of nitrogens with zero attached hydrogens (tertiary/aromatic N) is 2. The molecule has 5 rings (SSSR count). The van der Waals surface area contributed by atoms with Crippen LogP contribution in [0.15, 0.2) is 59.9 Å². The van der Waals surface area contributed by atoms with Crippen molar-refractivity contribution in [1.29, 1.82) is 0 Å². The summed E-state index contributed by atoms with van der Waals surface area (Å²) in [7, 11) is 0. The summed E-state index contributed by atoms with van der Waals surface area (Å²) in [4.78, 5) is 20.8. The number of hydrogen-bond donors (Lipinski definition) is 1. The normalized spacial score (nSPS) is 16.7. The summed E-state index contributed by atoms with van der Waals surface area (Å²) < 4.78 is 0. The maximum absolute atomic E-state index is 12.6. The van der Waals surface area contributed by atoms with E-state index >= 15 is 0 Å². The van der Waals surface area contributed by atoms with E-state index in [9.17, 15) is 4.79 Å². The fourth-order valence-corrected chi connectivity index (χ4v) is 4.89. The lowest BCUT2D eigenvalue weighted by molar-refractivity contribution is 0.144. The summed E-state index contributed by atoms with van der Waals surface area (Å²) in [5, 5.41) is 1.88. The van der Waals surface area contributed by atoms with Crippen LogP contribution in [0.25, 0.3) is 22.0 Å². The maximum atomic E-state index is 12.6. The number of nitrogens with one attached hydrogen (secondary N) is 1. The predicted molar refractivity (Wildman–Crippen MR) is 120 cm³/mol. The number of hydrogen-bond acceptors (Lipinski definition) is 3. The summed E-state index contributed by atoms with van der Waals surface area (Å²) in [5.74, 6) is 0. The van der Waals surface area contributed by atoms with E-state index in [0.29, 0.717) is 0 Å². The zero-order valence-electron chi connectivity index (χ0n) is 16.8. The van der Waals surface area contributed by atoms with Gasteiger partial charge in [-0.1, -0.05) is 42.5 Å². The lowest BCUT2D eigenvalue weighted by atomic mass is 9.99. The fourth-order valence-electron chi connectivity index (χ4n) is 4.89. The van der Waals surface area contributed by atoms with Crippen LogP contribution in [0.4, 0.5) is 0 Å². The molecule has 0 spiro atoms. The minimum absolute atomic E-state index is 0.00926. The van der Waals surface area contributed by atoms with Crippen LogP contribution in [0.2, 0.25) is 0 Å². The quantitative estimate of drug-likeness (QED) is 0.535. The van der Waals surface area contributed by atoms with Gasteiger partial charge in [0.25, 0.3) is 5.56 Å². The molecule has 1 aliphatic heterocycles. The Morgan fingerprint density at radius 3 is 2.48 bits per heavy atom. The zero-order chi connectivity index (χ0) is 19.8. The van der Waals surface area contributed by atoms with E-state index in [2.05, 4.69) is 45.6 Å². The van der Waals surface area contributed by atoms with Crippen molar-refractivity contribution in [2.75, 3.05) is 39.3 Å². The first-order valence-corrected chi connectivity index (χ1v) is 10.6. The average molecular weight is 386 g/mol. The minimum atomic E-state index is 0.00926. The Bertz CT molecular complexity index is 1120. The summed E-state index contributed by atoms with van der Waals surface area (Å²) >= 11 is 0. The van der Waals surface area contributed by atoms with E-state index in [-0.39, 0.29) is 5.56 Å². The molecule has 3 aromatic rings. The second-order valence-corrected chi connectivity index (χ2v) is 8.15. The SMILES string of the molecule is C=CCN1CCN(CCc2cccc3c2Cc2c-3[nH]c(=O)c3ccccc23)CC1. The van der Waals surface area contributed by atoms with Gasteiger partial charge in [0.1, 0.15) is 0 Å². The van der Waals surface area contributed by atoms with Crippen LogP contribution in [-0.4, -0.2) is 54.1 Å². The highest BCUT2D eigenvalue weighted by atomic mass is 16.1. The van der Waals surface area contributed by atoms with Gasteiger partial charge in [0.2, 0.25) is 0 Å². The van der Waals surface area contributed by atoms with Crippen molar-refractivity contribution in [3.05, 3.63) is 82.2 Å². The number of aromatic amines is 1. The van der Waals surface area contributed by atoms with Gasteiger partial charge >= 0.3 is 0 Å². The minimum Gasteiger partial charge on any atom is -0.321 e. The molecule has 1 fully saturated rings. The van der Waals surface area contributed by atoms with Crippen LogP contribution in [0.1, 0.15) is 16.7 Å². The summed E-state index contributed by atoms with van der Waals surface area (Å²) in [6, 6.07) is 14.5. The topological polar surface area (TPSA) is 39.3 Å². The van der Waals surface area contributed by atoms with Crippen molar-refractivity contribution in [3.8, 4) is 11.3 Å². The first-order valence-electron chi connectivity index (χ1n) is 10.6. The molecule has 2 aliphatic rings. The molecule has 1 aliphatic carbocycles. The van der Waals surface area contributed by atoms with E-state index in [1.54, 1.807) is 0 Å². The second kappa shape index (κ2) is 7.62. The van der Waals surface area contributed by atoms with Crippen molar-refractivity contribution in [3.63, 3.8) is 0 Å². The van der Waals surface area contributed by atoms with Gasteiger partial charge in [-0.05, 0) is 34.6 Å². The van der Waals surface area contributed by atoms with Crippen LogP contribution in [0, 0.1) is 0 Å². The molecule has 4 nitrogen and oxygen atoms in total. The number of fused-ring (bicyclic) bond motifs is 5. The molecule has 1 saturated heterocycles. The van der Waals surface area contributed by atoms with Gasteiger partial charge in [-0.25, -0.2) is 0 Å². The highest BCUT2D eigenvalue weighted by Crippen LogP contribution is 2.39. The Morgan fingerprint density at radius 2 is 1.69 bits per heavy atom. The first kappa shape index (κ1) is 18.3. The molecular weight excluding hydrogens is 358 g/mol. The molecule has 29 heavy (non-hydrogen) atoms. The predicted octanol–water partition coefficient (Wildman–Crippen LogP) is 3.45. The Labute approximate surface area is 171 Å².